The summed E-state index contributed by atoms with van der Waals surface area (Å²) in [5.74, 6) is 1.42. The van der Waals surface area contributed by atoms with Crippen molar-refractivity contribution < 1.29 is 0 Å². The Hall–Kier alpha value is -8.66. The fraction of sp³-hybridized carbons (Fsp3) is 0.0882. The van der Waals surface area contributed by atoms with Crippen molar-refractivity contribution in [3.8, 4) is 33.4 Å². The third-order valence-electron chi connectivity index (χ3n) is 16.2. The lowest BCUT2D eigenvalue weighted by Gasteiger charge is -2.33. The van der Waals surface area contributed by atoms with Gasteiger partial charge in [-0.25, -0.2) is 4.99 Å². The Morgan fingerprint density at radius 2 is 0.930 bits per heavy atom. The average Bonchev–Trinajstić information content (AvgIpc) is 4.11. The van der Waals surface area contributed by atoms with E-state index in [4.69, 9.17) is 22.3 Å². The van der Waals surface area contributed by atoms with E-state index in [1.54, 1.807) is 0 Å². The van der Waals surface area contributed by atoms with Gasteiger partial charge in [0, 0.05) is 11.1 Å². The molecule has 2 spiro atoms. The lowest BCUT2D eigenvalue weighted by Crippen LogP contribution is -2.27. The van der Waals surface area contributed by atoms with Crippen molar-refractivity contribution in [1.82, 2.24) is 0 Å². The van der Waals surface area contributed by atoms with Gasteiger partial charge in [-0.3, -0.25) is 4.99 Å². The predicted octanol–water partition coefficient (Wildman–Crippen LogP) is 15.1. The van der Waals surface area contributed by atoms with Crippen molar-refractivity contribution in [1.29, 1.82) is 0 Å². The lowest BCUT2D eigenvalue weighted by atomic mass is 9.68. The summed E-state index contributed by atoms with van der Waals surface area (Å²) < 4.78 is 0. The minimum Gasteiger partial charge on any atom is -0.383 e. The zero-order valence-electron chi connectivity index (χ0n) is 39.5. The van der Waals surface area contributed by atoms with Gasteiger partial charge in [0.15, 0.2) is 5.84 Å². The van der Waals surface area contributed by atoms with E-state index in [0.717, 1.165) is 39.8 Å². The SMILES string of the molecule is C=C(c1ccc2c(c1)C1(C3=C(c4ccccc41)C(C)CC=C3)c1cc(CN=C(N=C(N)c3ccccc3)c3ccccc3)ccc1-2)c1ccc2c(c1)C1(c3ccccc3-c3ccccc31)c1ccccc1-2. The summed E-state index contributed by atoms with van der Waals surface area (Å²) >= 11 is 0. The summed E-state index contributed by atoms with van der Waals surface area (Å²) in [6, 6.07) is 77.6. The molecule has 0 aromatic heterocycles. The molecule has 0 aliphatic heterocycles. The molecule has 0 saturated heterocycles. The molecule has 2 N–H and O–H groups in total. The summed E-state index contributed by atoms with van der Waals surface area (Å²) in [4.78, 5) is 10.2. The Balaban J connectivity index is 0.919. The van der Waals surface area contributed by atoms with Gasteiger partial charge in [0.2, 0.25) is 0 Å². The van der Waals surface area contributed by atoms with Gasteiger partial charge in [0.1, 0.15) is 5.84 Å². The van der Waals surface area contributed by atoms with E-state index in [0.29, 0.717) is 24.1 Å². The molecule has 0 bridgehead atoms. The Bertz CT molecular complexity index is 3800. The molecule has 5 aliphatic rings. The lowest BCUT2D eigenvalue weighted by molar-refractivity contribution is 0.730. The summed E-state index contributed by atoms with van der Waals surface area (Å²) in [6.07, 6.45) is 5.84. The van der Waals surface area contributed by atoms with Crippen LogP contribution in [0.4, 0.5) is 0 Å². The van der Waals surface area contributed by atoms with Crippen molar-refractivity contribution >= 4 is 22.8 Å². The monoisotopic (exact) mass is 907 g/mol. The Kier molecular flexibility index (Phi) is 9.13. The van der Waals surface area contributed by atoms with Crippen molar-refractivity contribution in [2.24, 2.45) is 21.6 Å². The van der Waals surface area contributed by atoms with Gasteiger partial charge in [-0.15, -0.1) is 0 Å². The molecule has 9 aromatic rings. The summed E-state index contributed by atoms with van der Waals surface area (Å²) in [7, 11) is 0. The Labute approximate surface area is 415 Å². The van der Waals surface area contributed by atoms with Gasteiger partial charge in [-0.2, -0.15) is 0 Å². The summed E-state index contributed by atoms with van der Waals surface area (Å²) in [6.45, 7) is 7.79. The van der Waals surface area contributed by atoms with Gasteiger partial charge in [-0.1, -0.05) is 226 Å². The smallest absolute Gasteiger partial charge is 0.157 e. The quantitative estimate of drug-likeness (QED) is 0.131. The number of aliphatic imine (C=N–C) groups is 2. The zero-order valence-corrected chi connectivity index (χ0v) is 39.5. The number of fused-ring (bicyclic) bond motifs is 19. The van der Waals surface area contributed by atoms with Crippen molar-refractivity contribution in [2.75, 3.05) is 0 Å². The van der Waals surface area contributed by atoms with Crippen molar-refractivity contribution in [3.63, 3.8) is 0 Å². The molecule has 3 heteroatoms. The van der Waals surface area contributed by atoms with E-state index in [1.165, 1.54) is 89.0 Å². The number of amidine groups is 2. The third kappa shape index (κ3) is 5.78. The predicted molar refractivity (Wildman–Crippen MR) is 293 cm³/mol. The number of allylic oxidation sites excluding steroid dienone is 4. The first-order chi connectivity index (χ1) is 35.0. The second-order valence-electron chi connectivity index (χ2n) is 19.8. The van der Waals surface area contributed by atoms with Crippen LogP contribution in [0, 0.1) is 5.92 Å². The van der Waals surface area contributed by atoms with E-state index < -0.39 is 10.8 Å². The first kappa shape index (κ1) is 41.3. The number of benzene rings is 9. The fourth-order valence-electron chi connectivity index (χ4n) is 13.2. The van der Waals surface area contributed by atoms with Crippen LogP contribution in [0.5, 0.6) is 0 Å². The normalized spacial score (nSPS) is 18.1. The van der Waals surface area contributed by atoms with Crippen LogP contribution in [-0.2, 0) is 17.4 Å². The molecule has 2 unspecified atom stereocenters. The van der Waals surface area contributed by atoms with Crippen LogP contribution in [0.2, 0.25) is 0 Å². The first-order valence-corrected chi connectivity index (χ1v) is 24.9. The molecule has 71 heavy (non-hydrogen) atoms. The van der Waals surface area contributed by atoms with Crippen LogP contribution in [0.1, 0.15) is 85.7 Å². The molecule has 2 atom stereocenters. The molecule has 0 fully saturated rings. The maximum Gasteiger partial charge on any atom is 0.157 e. The largest absolute Gasteiger partial charge is 0.383 e. The van der Waals surface area contributed by atoms with Crippen molar-refractivity contribution in [2.45, 2.75) is 30.7 Å². The molecule has 0 radical (unpaired) electrons. The van der Waals surface area contributed by atoms with Crippen LogP contribution in [-0.4, -0.2) is 11.7 Å². The van der Waals surface area contributed by atoms with Crippen LogP contribution >= 0.6 is 0 Å². The Morgan fingerprint density at radius 1 is 0.479 bits per heavy atom. The number of nitrogens with zero attached hydrogens (tertiary/aromatic N) is 2. The van der Waals surface area contributed by atoms with Crippen LogP contribution in [0.3, 0.4) is 0 Å². The van der Waals surface area contributed by atoms with Gasteiger partial charge in [-0.05, 0) is 136 Å². The van der Waals surface area contributed by atoms with Gasteiger partial charge < -0.3 is 5.73 Å². The van der Waals surface area contributed by atoms with E-state index in [2.05, 4.69) is 171 Å². The summed E-state index contributed by atoms with van der Waals surface area (Å²) in [5, 5.41) is 0. The number of rotatable bonds is 6. The molecule has 14 rings (SSSR count). The van der Waals surface area contributed by atoms with E-state index in [1.807, 2.05) is 60.7 Å². The van der Waals surface area contributed by atoms with Crippen LogP contribution in [0.25, 0.3) is 44.5 Å². The van der Waals surface area contributed by atoms with E-state index >= 15 is 0 Å². The minimum atomic E-state index is -0.531. The maximum atomic E-state index is 6.65. The highest BCUT2D eigenvalue weighted by Gasteiger charge is 2.54. The average molecular weight is 908 g/mol. The highest BCUT2D eigenvalue weighted by Crippen LogP contribution is 2.65. The van der Waals surface area contributed by atoms with Crippen LogP contribution < -0.4 is 5.73 Å². The molecule has 9 aromatic carbocycles. The zero-order chi connectivity index (χ0) is 47.4. The van der Waals surface area contributed by atoms with Gasteiger partial charge in [0.25, 0.3) is 0 Å². The highest BCUT2D eigenvalue weighted by molar-refractivity contribution is 6.11. The molecule has 0 heterocycles. The van der Waals surface area contributed by atoms with E-state index in [9.17, 15) is 0 Å². The molecule has 336 valence electrons. The third-order valence-corrected chi connectivity index (χ3v) is 16.2. The molecule has 0 amide bonds. The van der Waals surface area contributed by atoms with Crippen LogP contribution in [0.15, 0.2) is 247 Å². The molecule has 0 saturated carbocycles. The fourth-order valence-corrected chi connectivity index (χ4v) is 13.2. The van der Waals surface area contributed by atoms with E-state index in [-0.39, 0.29) is 0 Å². The van der Waals surface area contributed by atoms with Gasteiger partial charge in [0.05, 0.1) is 17.4 Å². The second kappa shape index (κ2) is 15.7. The first-order valence-electron chi connectivity index (χ1n) is 24.9. The Morgan fingerprint density at radius 3 is 1.51 bits per heavy atom. The second-order valence-corrected chi connectivity index (χ2v) is 19.8. The minimum absolute atomic E-state index is 0.379. The standard InChI is InChI=1S/C68H49N3/c1-42-18-17-31-60-64(42)55-26-12-16-30-59(55)68(60)61-38-44(41-70-66(46-21-7-4-8-22-46)71-65(69)45-19-5-3-6-20-45)32-35-52(61)54-37-34-48(40-63(54)68)43(2)47-33-36-53-51-25-11-15-29-58(51)67(62(53)39-47)56-27-13-9-23-49(56)50-24-10-14-28-57(50)67/h3-17,19-40,42H,2,18,41H2,1H3,(H2,69,70,71). The molecule has 3 nitrogen and oxygen atoms in total. The number of hydrogen-bond donors (Lipinski definition) is 1. The van der Waals surface area contributed by atoms with Gasteiger partial charge >= 0.3 is 0 Å². The number of nitrogens with two attached hydrogens (primary N) is 1. The maximum absolute atomic E-state index is 6.65. The summed E-state index contributed by atoms with van der Waals surface area (Å²) in [5.41, 5.74) is 33.0. The molecular weight excluding hydrogens is 859 g/mol. The topological polar surface area (TPSA) is 50.7 Å². The van der Waals surface area contributed by atoms with Crippen molar-refractivity contribution in [3.05, 3.63) is 309 Å². The molecular formula is C68H49N3. The highest BCUT2D eigenvalue weighted by atomic mass is 15.0. The molecule has 5 aliphatic carbocycles. The number of hydrogen-bond acceptors (Lipinski definition) is 1.